The monoisotopic (exact) mass is 305 g/mol. The lowest BCUT2D eigenvalue weighted by atomic mass is 10.1. The van der Waals surface area contributed by atoms with Crippen LogP contribution in [0.1, 0.15) is 29.8 Å². The van der Waals surface area contributed by atoms with Crippen molar-refractivity contribution in [3.05, 3.63) is 40.2 Å². The Kier molecular flexibility index (Phi) is 5.16. The second-order valence-corrected chi connectivity index (χ2v) is 5.54. The summed E-state index contributed by atoms with van der Waals surface area (Å²) in [7, 11) is 0. The molecule has 0 fully saturated rings. The zero-order chi connectivity index (χ0) is 15.2. The molecule has 0 aliphatic rings. The number of thiophene rings is 1. The van der Waals surface area contributed by atoms with E-state index in [0.29, 0.717) is 23.7 Å². The number of nitrogen functional groups attached to an aromatic ring is 1. The molecule has 0 aliphatic heterocycles. The summed E-state index contributed by atoms with van der Waals surface area (Å²) < 4.78 is 4.98. The predicted molar refractivity (Wildman–Crippen MR) is 85.7 cm³/mol. The van der Waals surface area contributed by atoms with Crippen LogP contribution in [0.15, 0.2) is 29.1 Å². The molecular weight excluding hydrogens is 286 g/mol. The molecule has 21 heavy (non-hydrogen) atoms. The lowest BCUT2D eigenvalue weighted by Gasteiger charge is -2.15. The van der Waals surface area contributed by atoms with Crippen molar-refractivity contribution < 1.29 is 9.53 Å². The summed E-state index contributed by atoms with van der Waals surface area (Å²) in [6.45, 7) is 4.15. The maximum atomic E-state index is 11.8. The van der Waals surface area contributed by atoms with Crippen LogP contribution in [0.25, 0.3) is 0 Å². The van der Waals surface area contributed by atoms with E-state index in [0.717, 1.165) is 6.42 Å². The molecule has 0 spiro atoms. The second-order valence-electron chi connectivity index (χ2n) is 4.76. The van der Waals surface area contributed by atoms with Gasteiger partial charge in [0.25, 0.3) is 0 Å². The molecule has 0 aliphatic carbocycles. The van der Waals surface area contributed by atoms with E-state index in [9.17, 15) is 4.79 Å². The summed E-state index contributed by atoms with van der Waals surface area (Å²) in [6, 6.07) is 3.94. The number of ether oxygens (including phenoxy) is 1. The van der Waals surface area contributed by atoms with Crippen LogP contribution in [0.2, 0.25) is 0 Å². The van der Waals surface area contributed by atoms with Crippen LogP contribution in [0, 0.1) is 0 Å². The molecular formula is C15H19N3O2S. The normalized spacial score (nSPS) is 11.9. The van der Waals surface area contributed by atoms with Crippen molar-refractivity contribution in [1.29, 1.82) is 0 Å². The van der Waals surface area contributed by atoms with E-state index in [2.05, 4.69) is 34.1 Å². The highest BCUT2D eigenvalue weighted by molar-refractivity contribution is 7.07. The molecule has 0 radical (unpaired) electrons. The van der Waals surface area contributed by atoms with Gasteiger partial charge in [-0.3, -0.25) is 0 Å². The number of rotatable bonds is 6. The molecule has 1 unspecified atom stereocenters. The third-order valence-electron chi connectivity index (χ3n) is 2.95. The minimum Gasteiger partial charge on any atom is -0.462 e. The van der Waals surface area contributed by atoms with Crippen LogP contribution in [-0.4, -0.2) is 23.6 Å². The van der Waals surface area contributed by atoms with Crippen molar-refractivity contribution in [1.82, 2.24) is 4.98 Å². The molecule has 2 heterocycles. The Morgan fingerprint density at radius 2 is 2.38 bits per heavy atom. The Labute approximate surface area is 128 Å². The van der Waals surface area contributed by atoms with Crippen molar-refractivity contribution in [3.63, 3.8) is 0 Å². The number of hydrogen-bond donors (Lipinski definition) is 2. The van der Waals surface area contributed by atoms with Crippen LogP contribution in [0.4, 0.5) is 11.5 Å². The molecule has 2 rings (SSSR count). The molecule has 0 aromatic carbocycles. The average Bonchev–Trinajstić information content (AvgIpc) is 2.94. The van der Waals surface area contributed by atoms with Crippen LogP contribution in [0.3, 0.4) is 0 Å². The lowest BCUT2D eigenvalue weighted by molar-refractivity contribution is 0.0527. The van der Waals surface area contributed by atoms with Crippen LogP contribution >= 0.6 is 11.3 Å². The van der Waals surface area contributed by atoms with Gasteiger partial charge >= 0.3 is 5.97 Å². The maximum Gasteiger partial charge on any atom is 0.340 e. The third kappa shape index (κ3) is 4.19. The third-order valence-corrected chi connectivity index (χ3v) is 3.68. The van der Waals surface area contributed by atoms with E-state index in [1.54, 1.807) is 24.3 Å². The SMILES string of the molecule is CCOC(=O)c1cc(NC(C)Cc2ccsc2)ncc1N. The maximum absolute atomic E-state index is 11.8. The van der Waals surface area contributed by atoms with E-state index in [1.165, 1.54) is 11.8 Å². The van der Waals surface area contributed by atoms with E-state index < -0.39 is 5.97 Å². The fraction of sp³-hybridized carbons (Fsp3) is 0.333. The molecule has 0 saturated carbocycles. The minimum absolute atomic E-state index is 0.200. The van der Waals surface area contributed by atoms with Gasteiger partial charge < -0.3 is 15.8 Å². The Bertz CT molecular complexity index is 599. The first kappa shape index (κ1) is 15.3. The van der Waals surface area contributed by atoms with Crippen molar-refractivity contribution >= 4 is 28.8 Å². The van der Waals surface area contributed by atoms with Gasteiger partial charge in [0, 0.05) is 6.04 Å². The largest absolute Gasteiger partial charge is 0.462 e. The highest BCUT2D eigenvalue weighted by atomic mass is 32.1. The van der Waals surface area contributed by atoms with Crippen LogP contribution < -0.4 is 11.1 Å². The van der Waals surface area contributed by atoms with Gasteiger partial charge in [0.15, 0.2) is 0 Å². The lowest BCUT2D eigenvalue weighted by Crippen LogP contribution is -2.19. The van der Waals surface area contributed by atoms with E-state index in [4.69, 9.17) is 10.5 Å². The average molecular weight is 305 g/mol. The van der Waals surface area contributed by atoms with Crippen molar-refractivity contribution in [2.24, 2.45) is 0 Å². The number of nitrogens with one attached hydrogen (secondary N) is 1. The number of aromatic nitrogens is 1. The van der Waals surface area contributed by atoms with Crippen molar-refractivity contribution in [3.8, 4) is 0 Å². The Morgan fingerprint density at radius 1 is 1.57 bits per heavy atom. The minimum atomic E-state index is -0.425. The van der Waals surface area contributed by atoms with Gasteiger partial charge in [-0.15, -0.1) is 0 Å². The molecule has 2 aromatic heterocycles. The molecule has 0 saturated heterocycles. The number of esters is 1. The van der Waals surface area contributed by atoms with Crippen LogP contribution in [0.5, 0.6) is 0 Å². The first-order valence-corrected chi connectivity index (χ1v) is 7.74. The topological polar surface area (TPSA) is 77.2 Å². The Balaban J connectivity index is 2.06. The van der Waals surface area contributed by atoms with Gasteiger partial charge in [-0.05, 0) is 48.7 Å². The predicted octanol–water partition coefficient (Wildman–Crippen LogP) is 2.95. The fourth-order valence-electron chi connectivity index (χ4n) is 2.00. The first-order chi connectivity index (χ1) is 10.1. The van der Waals surface area contributed by atoms with E-state index in [-0.39, 0.29) is 6.04 Å². The Hall–Kier alpha value is -2.08. The first-order valence-electron chi connectivity index (χ1n) is 6.80. The molecule has 1 atom stereocenters. The molecule has 5 nitrogen and oxygen atoms in total. The number of nitrogens with zero attached hydrogens (tertiary/aromatic N) is 1. The molecule has 112 valence electrons. The van der Waals surface area contributed by atoms with Crippen LogP contribution in [-0.2, 0) is 11.2 Å². The summed E-state index contributed by atoms with van der Waals surface area (Å²) in [6.07, 6.45) is 2.37. The van der Waals surface area contributed by atoms with Gasteiger partial charge in [-0.2, -0.15) is 11.3 Å². The van der Waals surface area contributed by atoms with Gasteiger partial charge in [-0.25, -0.2) is 9.78 Å². The highest BCUT2D eigenvalue weighted by Crippen LogP contribution is 2.18. The summed E-state index contributed by atoms with van der Waals surface area (Å²) in [5.74, 6) is 0.195. The fourth-order valence-corrected chi connectivity index (χ4v) is 2.68. The number of carbonyl (C=O) groups excluding carboxylic acids is 1. The zero-order valence-corrected chi connectivity index (χ0v) is 12.9. The summed E-state index contributed by atoms with van der Waals surface area (Å²) in [5.41, 5.74) is 7.72. The van der Waals surface area contributed by atoms with Gasteiger partial charge in [0.1, 0.15) is 5.82 Å². The zero-order valence-electron chi connectivity index (χ0n) is 12.1. The molecule has 0 amide bonds. The summed E-state index contributed by atoms with van der Waals surface area (Å²) >= 11 is 1.68. The second kappa shape index (κ2) is 7.08. The van der Waals surface area contributed by atoms with Gasteiger partial charge in [0.2, 0.25) is 0 Å². The number of anilines is 2. The number of pyridine rings is 1. The van der Waals surface area contributed by atoms with Crippen molar-refractivity contribution in [2.45, 2.75) is 26.3 Å². The quantitative estimate of drug-likeness (QED) is 0.802. The Morgan fingerprint density at radius 3 is 3.05 bits per heavy atom. The van der Waals surface area contributed by atoms with Gasteiger partial charge in [0.05, 0.1) is 24.1 Å². The number of nitrogens with two attached hydrogens (primary N) is 1. The molecule has 0 bridgehead atoms. The highest BCUT2D eigenvalue weighted by Gasteiger charge is 2.13. The van der Waals surface area contributed by atoms with Gasteiger partial charge in [-0.1, -0.05) is 0 Å². The van der Waals surface area contributed by atoms with E-state index >= 15 is 0 Å². The molecule has 3 N–H and O–H groups in total. The molecule has 2 aromatic rings. The van der Waals surface area contributed by atoms with Crippen molar-refractivity contribution in [2.75, 3.05) is 17.7 Å². The summed E-state index contributed by atoms with van der Waals surface area (Å²) in [4.78, 5) is 16.0. The van der Waals surface area contributed by atoms with E-state index in [1.807, 2.05) is 0 Å². The number of hydrogen-bond acceptors (Lipinski definition) is 6. The summed E-state index contributed by atoms with van der Waals surface area (Å²) in [5, 5.41) is 7.46. The standard InChI is InChI=1S/C15H19N3O2S/c1-3-20-15(19)12-7-14(17-8-13(12)16)18-10(2)6-11-4-5-21-9-11/h4-5,7-10H,3,6,16H2,1-2H3,(H,17,18). The molecule has 6 heteroatoms. The smallest absolute Gasteiger partial charge is 0.340 e. The number of carbonyl (C=O) groups is 1.